The van der Waals surface area contributed by atoms with Gasteiger partial charge in [0.2, 0.25) is 5.91 Å². The van der Waals surface area contributed by atoms with E-state index in [1.54, 1.807) is 6.08 Å². The highest BCUT2D eigenvalue weighted by Gasteiger charge is 2.18. The zero-order valence-electron chi connectivity index (χ0n) is 59.3. The van der Waals surface area contributed by atoms with Crippen molar-refractivity contribution in [2.45, 2.75) is 469 Å². The zero-order chi connectivity index (χ0) is 62.8. The number of nitrogens with one attached hydrogen (secondary N) is 1. The predicted octanol–water partition coefficient (Wildman–Crippen LogP) is 26.4. The summed E-state index contributed by atoms with van der Waals surface area (Å²) in [6.07, 6.45) is 98.7. The molecule has 0 aromatic rings. The van der Waals surface area contributed by atoms with Crippen molar-refractivity contribution < 1.29 is 24.5 Å². The number of unbranched alkanes of at least 4 members (excludes halogenated alkanes) is 63. The van der Waals surface area contributed by atoms with Gasteiger partial charge in [-0.3, -0.25) is 9.59 Å². The van der Waals surface area contributed by atoms with Gasteiger partial charge in [-0.1, -0.05) is 411 Å². The molecule has 0 aromatic heterocycles. The van der Waals surface area contributed by atoms with E-state index in [-0.39, 0.29) is 18.5 Å². The number of carbonyl (C=O) groups excluding carboxylic acids is 2. The van der Waals surface area contributed by atoms with Crippen LogP contribution in [0.5, 0.6) is 0 Å². The first-order valence-corrected chi connectivity index (χ1v) is 40.1. The van der Waals surface area contributed by atoms with Gasteiger partial charge in [0, 0.05) is 12.8 Å². The number of hydrogen-bond acceptors (Lipinski definition) is 5. The van der Waals surface area contributed by atoms with Gasteiger partial charge in [0.05, 0.1) is 25.4 Å². The summed E-state index contributed by atoms with van der Waals surface area (Å²) in [5.41, 5.74) is 0. The van der Waals surface area contributed by atoms with E-state index in [9.17, 15) is 19.8 Å². The number of ether oxygens (including phenoxy) is 1. The van der Waals surface area contributed by atoms with Crippen LogP contribution in [0.25, 0.3) is 0 Å². The minimum absolute atomic E-state index is 0.0129. The Morgan fingerprint density at radius 2 is 0.540 bits per heavy atom. The summed E-state index contributed by atoms with van der Waals surface area (Å²) in [6.45, 7) is 4.95. The zero-order valence-corrected chi connectivity index (χ0v) is 59.3. The summed E-state index contributed by atoms with van der Waals surface area (Å²) in [5, 5.41) is 23.3. The Balaban J connectivity index is 3.36. The second kappa shape index (κ2) is 76.8. The van der Waals surface area contributed by atoms with Crippen LogP contribution >= 0.6 is 0 Å². The molecule has 2 atom stereocenters. The number of esters is 1. The third-order valence-electron chi connectivity index (χ3n) is 19.0. The van der Waals surface area contributed by atoms with Crippen LogP contribution in [0.1, 0.15) is 457 Å². The molecular formula is C81H157NO5. The van der Waals surface area contributed by atoms with Crippen LogP contribution in [-0.4, -0.2) is 47.4 Å². The van der Waals surface area contributed by atoms with Crippen molar-refractivity contribution in [3.8, 4) is 0 Å². The third kappa shape index (κ3) is 73.3. The molecule has 0 rings (SSSR count). The molecule has 0 bridgehead atoms. The quantitative estimate of drug-likeness (QED) is 0.0320. The molecule has 1 amide bonds. The molecule has 0 saturated carbocycles. The van der Waals surface area contributed by atoms with Gasteiger partial charge in [-0.25, -0.2) is 0 Å². The molecular weight excluding hydrogens is 1070 g/mol. The van der Waals surface area contributed by atoms with Crippen molar-refractivity contribution in [1.82, 2.24) is 5.32 Å². The van der Waals surface area contributed by atoms with Crippen LogP contribution in [0, 0.1) is 0 Å². The normalized spacial score (nSPS) is 12.6. The highest BCUT2D eigenvalue weighted by molar-refractivity contribution is 5.76. The summed E-state index contributed by atoms with van der Waals surface area (Å²) >= 11 is 0. The molecule has 6 heteroatoms. The predicted molar refractivity (Wildman–Crippen MR) is 384 cm³/mol. The first kappa shape index (κ1) is 85.3. The Morgan fingerprint density at radius 3 is 0.816 bits per heavy atom. The smallest absolute Gasteiger partial charge is 0.305 e. The fraction of sp³-hybridized carbons (Fsp3) is 0.926. The van der Waals surface area contributed by atoms with E-state index in [4.69, 9.17) is 4.74 Å². The van der Waals surface area contributed by atoms with Gasteiger partial charge in [0.15, 0.2) is 0 Å². The van der Waals surface area contributed by atoms with Crippen molar-refractivity contribution in [1.29, 1.82) is 0 Å². The van der Waals surface area contributed by atoms with E-state index in [1.165, 1.54) is 385 Å². The van der Waals surface area contributed by atoms with Crippen molar-refractivity contribution >= 4 is 11.9 Å². The maximum atomic E-state index is 12.6. The molecule has 6 nitrogen and oxygen atoms in total. The molecule has 3 N–H and O–H groups in total. The lowest BCUT2D eigenvalue weighted by molar-refractivity contribution is -0.143. The summed E-state index contributed by atoms with van der Waals surface area (Å²) in [7, 11) is 0. The third-order valence-corrected chi connectivity index (χ3v) is 19.0. The Bertz CT molecular complexity index is 1360. The van der Waals surface area contributed by atoms with Crippen LogP contribution in [-0.2, 0) is 14.3 Å². The van der Waals surface area contributed by atoms with Crippen molar-refractivity contribution in [2.24, 2.45) is 0 Å². The number of aliphatic hydroxyl groups is 2. The van der Waals surface area contributed by atoms with Crippen LogP contribution in [0.15, 0.2) is 24.3 Å². The summed E-state index contributed by atoms with van der Waals surface area (Å²) in [5.74, 6) is -0.0461. The fourth-order valence-corrected chi connectivity index (χ4v) is 12.9. The number of allylic oxidation sites excluding steroid dienone is 3. The Kier molecular flexibility index (Phi) is 75.3. The standard InChI is InChI=1S/C81H157NO5/c1-3-5-7-9-11-13-15-17-19-21-22-23-24-30-33-36-39-42-45-49-53-57-61-65-69-73-79(84)78(77-83)82-80(85)74-70-66-62-58-54-50-46-43-40-37-34-31-28-26-25-27-29-32-35-38-41-44-48-52-56-60-64-68-72-76-87-81(86)75-71-67-63-59-55-51-47-20-18-16-14-12-10-8-6-4-2/h20,47,69,73,78-79,83-84H,3-19,21-46,48-68,70-72,74-77H2,1-2H3,(H,82,85)/b47-20-,73-69+. The van der Waals surface area contributed by atoms with Gasteiger partial charge in [-0.15, -0.1) is 0 Å². The van der Waals surface area contributed by atoms with Crippen LogP contribution in [0.4, 0.5) is 0 Å². The number of aliphatic hydroxyl groups excluding tert-OH is 2. The Hall–Kier alpha value is -1.66. The maximum absolute atomic E-state index is 12.6. The molecule has 0 aliphatic heterocycles. The number of rotatable bonds is 76. The van der Waals surface area contributed by atoms with Crippen molar-refractivity contribution in [2.75, 3.05) is 13.2 Å². The number of hydrogen-bond donors (Lipinski definition) is 3. The van der Waals surface area contributed by atoms with Gasteiger partial charge in [-0.2, -0.15) is 0 Å². The highest BCUT2D eigenvalue weighted by atomic mass is 16.5. The largest absolute Gasteiger partial charge is 0.466 e. The van der Waals surface area contributed by atoms with E-state index < -0.39 is 12.1 Å². The molecule has 0 aliphatic carbocycles. The number of carbonyl (C=O) groups is 2. The maximum Gasteiger partial charge on any atom is 0.305 e. The van der Waals surface area contributed by atoms with Crippen LogP contribution in [0.3, 0.4) is 0 Å². The van der Waals surface area contributed by atoms with Gasteiger partial charge in [-0.05, 0) is 57.8 Å². The summed E-state index contributed by atoms with van der Waals surface area (Å²) in [4.78, 5) is 24.7. The molecule has 0 aromatic carbocycles. The first-order chi connectivity index (χ1) is 43.0. The van der Waals surface area contributed by atoms with E-state index in [0.29, 0.717) is 19.4 Å². The second-order valence-electron chi connectivity index (χ2n) is 27.8. The average molecular weight is 1230 g/mol. The minimum Gasteiger partial charge on any atom is -0.466 e. The molecule has 0 aliphatic rings. The molecule has 87 heavy (non-hydrogen) atoms. The van der Waals surface area contributed by atoms with Gasteiger partial charge < -0.3 is 20.3 Å². The summed E-state index contributed by atoms with van der Waals surface area (Å²) in [6, 6.07) is -0.627. The van der Waals surface area contributed by atoms with E-state index >= 15 is 0 Å². The topological polar surface area (TPSA) is 95.9 Å². The Labute approximate surface area is 545 Å². The van der Waals surface area contributed by atoms with Crippen LogP contribution in [0.2, 0.25) is 0 Å². The molecule has 0 spiro atoms. The molecule has 0 saturated heterocycles. The number of amides is 1. The SMILES string of the molecule is CCCCCCCCC/C=C\CCCCCCCC(=O)OCCCCCCCCCCCCCCCCCCCCCCCCCCCCCCCC(=O)NC(CO)C(O)/C=C/CCCCCCCCCCCCCCCCCCCCCCCCC. The minimum atomic E-state index is -0.844. The average Bonchev–Trinajstić information content (AvgIpc) is 3.52. The van der Waals surface area contributed by atoms with Gasteiger partial charge in [0.25, 0.3) is 0 Å². The fourth-order valence-electron chi connectivity index (χ4n) is 12.9. The molecule has 0 heterocycles. The lowest BCUT2D eigenvalue weighted by Gasteiger charge is -2.20. The molecule has 0 fully saturated rings. The van der Waals surface area contributed by atoms with Crippen molar-refractivity contribution in [3.05, 3.63) is 24.3 Å². The second-order valence-corrected chi connectivity index (χ2v) is 27.8. The molecule has 2 unspecified atom stereocenters. The first-order valence-electron chi connectivity index (χ1n) is 40.1. The monoisotopic (exact) mass is 1220 g/mol. The van der Waals surface area contributed by atoms with E-state index in [1.807, 2.05) is 6.08 Å². The lowest BCUT2D eigenvalue weighted by atomic mass is 10.0. The Morgan fingerprint density at radius 1 is 0.310 bits per heavy atom. The van der Waals surface area contributed by atoms with E-state index in [2.05, 4.69) is 31.3 Å². The van der Waals surface area contributed by atoms with Crippen LogP contribution < -0.4 is 5.32 Å². The lowest BCUT2D eigenvalue weighted by Crippen LogP contribution is -2.45. The molecule has 516 valence electrons. The van der Waals surface area contributed by atoms with E-state index in [0.717, 1.165) is 44.9 Å². The molecule has 0 radical (unpaired) electrons. The highest BCUT2D eigenvalue weighted by Crippen LogP contribution is 2.20. The summed E-state index contributed by atoms with van der Waals surface area (Å²) < 4.78 is 5.50. The van der Waals surface area contributed by atoms with Crippen molar-refractivity contribution in [3.63, 3.8) is 0 Å². The van der Waals surface area contributed by atoms with Gasteiger partial charge >= 0.3 is 5.97 Å². The van der Waals surface area contributed by atoms with Gasteiger partial charge in [0.1, 0.15) is 0 Å².